The molecule has 1 fully saturated rings. The number of hydrogen-bond acceptors (Lipinski definition) is 4. The standard InChI is InChI=1S/C19H29NO3/c21-12-14-22-13-6-11-20-17-15-19(9-4-1-5-10-19)23-18-8-3-2-7-16(17)18/h2-3,7-8,17,20-21H,1,4-6,9-15H2. The van der Waals surface area contributed by atoms with E-state index in [0.29, 0.717) is 19.3 Å². The molecule has 2 N–H and O–H groups in total. The average Bonchev–Trinajstić information content (AvgIpc) is 2.58. The van der Waals surface area contributed by atoms with E-state index < -0.39 is 0 Å². The van der Waals surface area contributed by atoms with Crippen LogP contribution in [0.2, 0.25) is 0 Å². The highest BCUT2D eigenvalue weighted by atomic mass is 16.5. The Morgan fingerprint density at radius 2 is 2.00 bits per heavy atom. The Bertz CT molecular complexity index is 485. The van der Waals surface area contributed by atoms with Crippen LogP contribution in [0.3, 0.4) is 0 Å². The Balaban J connectivity index is 1.61. The average molecular weight is 319 g/mol. The molecule has 1 spiro atoms. The molecule has 1 aromatic carbocycles. The van der Waals surface area contributed by atoms with E-state index in [1.807, 2.05) is 0 Å². The predicted octanol–water partition coefficient (Wildman–Crippen LogP) is 3.20. The molecule has 23 heavy (non-hydrogen) atoms. The van der Waals surface area contributed by atoms with Crippen LogP contribution in [0.4, 0.5) is 0 Å². The highest BCUT2D eigenvalue weighted by Crippen LogP contribution is 2.45. The minimum atomic E-state index is 0.0393. The largest absolute Gasteiger partial charge is 0.487 e. The molecule has 1 aliphatic heterocycles. The zero-order chi connectivity index (χ0) is 16.0. The van der Waals surface area contributed by atoms with E-state index in [9.17, 15) is 0 Å². The first-order valence-corrected chi connectivity index (χ1v) is 9.03. The predicted molar refractivity (Wildman–Crippen MR) is 90.8 cm³/mol. The van der Waals surface area contributed by atoms with Gasteiger partial charge in [0, 0.05) is 24.6 Å². The molecule has 0 bridgehead atoms. The molecule has 128 valence electrons. The summed E-state index contributed by atoms with van der Waals surface area (Å²) in [6, 6.07) is 8.84. The molecule has 1 unspecified atom stereocenters. The van der Waals surface area contributed by atoms with Gasteiger partial charge in [-0.1, -0.05) is 24.6 Å². The highest BCUT2D eigenvalue weighted by Gasteiger charge is 2.41. The number of para-hydroxylation sites is 1. The smallest absolute Gasteiger partial charge is 0.124 e. The van der Waals surface area contributed by atoms with Gasteiger partial charge in [0.05, 0.1) is 13.2 Å². The van der Waals surface area contributed by atoms with Crippen LogP contribution < -0.4 is 10.1 Å². The number of rotatable bonds is 7. The van der Waals surface area contributed by atoms with E-state index >= 15 is 0 Å². The molecule has 0 amide bonds. The first-order chi connectivity index (χ1) is 11.3. The van der Waals surface area contributed by atoms with Crippen molar-refractivity contribution in [3.63, 3.8) is 0 Å². The van der Waals surface area contributed by atoms with Crippen molar-refractivity contribution in [2.75, 3.05) is 26.4 Å². The maximum Gasteiger partial charge on any atom is 0.124 e. The lowest BCUT2D eigenvalue weighted by molar-refractivity contribution is -0.00295. The summed E-state index contributed by atoms with van der Waals surface area (Å²) in [5.41, 5.74) is 1.33. The Kier molecular flexibility index (Phi) is 5.92. The molecular formula is C19H29NO3. The van der Waals surface area contributed by atoms with Gasteiger partial charge in [0.1, 0.15) is 11.4 Å². The first-order valence-electron chi connectivity index (χ1n) is 9.03. The summed E-state index contributed by atoms with van der Waals surface area (Å²) in [5.74, 6) is 1.06. The van der Waals surface area contributed by atoms with Gasteiger partial charge in [-0.15, -0.1) is 0 Å². The molecule has 0 radical (unpaired) electrons. The summed E-state index contributed by atoms with van der Waals surface area (Å²) in [7, 11) is 0. The zero-order valence-electron chi connectivity index (χ0n) is 13.9. The van der Waals surface area contributed by atoms with E-state index in [1.54, 1.807) is 0 Å². The SMILES string of the molecule is OCCOCCCNC1CC2(CCCCC2)Oc2ccccc21. The van der Waals surface area contributed by atoms with E-state index in [-0.39, 0.29) is 12.2 Å². The van der Waals surface area contributed by atoms with Crippen molar-refractivity contribution in [3.05, 3.63) is 29.8 Å². The van der Waals surface area contributed by atoms with Gasteiger partial charge >= 0.3 is 0 Å². The summed E-state index contributed by atoms with van der Waals surface area (Å²) >= 11 is 0. The van der Waals surface area contributed by atoms with Crippen molar-refractivity contribution in [2.24, 2.45) is 0 Å². The number of hydrogen-bond donors (Lipinski definition) is 2. The second kappa shape index (κ2) is 8.13. The lowest BCUT2D eigenvalue weighted by Crippen LogP contribution is -2.45. The molecule has 4 nitrogen and oxygen atoms in total. The maximum absolute atomic E-state index is 8.72. The third-order valence-corrected chi connectivity index (χ3v) is 5.05. The van der Waals surface area contributed by atoms with Crippen LogP contribution in [-0.2, 0) is 4.74 Å². The molecule has 0 saturated heterocycles. The van der Waals surface area contributed by atoms with Crippen molar-refractivity contribution in [2.45, 2.75) is 56.6 Å². The summed E-state index contributed by atoms with van der Waals surface area (Å²) in [5, 5.41) is 12.4. The summed E-state index contributed by atoms with van der Waals surface area (Å²) in [6.45, 7) is 2.16. The minimum absolute atomic E-state index is 0.0393. The molecule has 1 atom stereocenters. The number of aliphatic hydroxyl groups excluding tert-OH is 1. The molecule has 1 saturated carbocycles. The second-order valence-electron chi connectivity index (χ2n) is 6.78. The fourth-order valence-electron chi connectivity index (χ4n) is 3.92. The van der Waals surface area contributed by atoms with Crippen LogP contribution >= 0.6 is 0 Å². The third kappa shape index (κ3) is 4.25. The summed E-state index contributed by atoms with van der Waals surface area (Å²) < 4.78 is 11.8. The maximum atomic E-state index is 8.72. The molecule has 0 aromatic heterocycles. The number of nitrogens with one attached hydrogen (secondary N) is 1. The van der Waals surface area contributed by atoms with Crippen molar-refractivity contribution in [3.8, 4) is 5.75 Å². The van der Waals surface area contributed by atoms with Crippen LogP contribution in [0.25, 0.3) is 0 Å². The van der Waals surface area contributed by atoms with Crippen LogP contribution in [0.5, 0.6) is 5.75 Å². The molecule has 4 heteroatoms. The van der Waals surface area contributed by atoms with Crippen molar-refractivity contribution < 1.29 is 14.6 Å². The number of ether oxygens (including phenoxy) is 2. The van der Waals surface area contributed by atoms with E-state index in [0.717, 1.165) is 25.1 Å². The van der Waals surface area contributed by atoms with Gasteiger partial charge in [-0.25, -0.2) is 0 Å². The van der Waals surface area contributed by atoms with E-state index in [4.69, 9.17) is 14.6 Å². The Morgan fingerprint density at radius 3 is 2.83 bits per heavy atom. The Labute approximate surface area is 139 Å². The van der Waals surface area contributed by atoms with Gasteiger partial charge in [0.15, 0.2) is 0 Å². The summed E-state index contributed by atoms with van der Waals surface area (Å²) in [4.78, 5) is 0. The number of benzene rings is 1. The molecule has 1 aliphatic carbocycles. The zero-order valence-corrected chi connectivity index (χ0v) is 13.9. The lowest BCUT2D eigenvalue weighted by atomic mass is 9.77. The van der Waals surface area contributed by atoms with Crippen molar-refractivity contribution >= 4 is 0 Å². The monoisotopic (exact) mass is 319 g/mol. The van der Waals surface area contributed by atoms with Crippen molar-refractivity contribution in [1.29, 1.82) is 0 Å². The van der Waals surface area contributed by atoms with Crippen LogP contribution in [0.15, 0.2) is 24.3 Å². The van der Waals surface area contributed by atoms with Gasteiger partial charge in [-0.2, -0.15) is 0 Å². The fraction of sp³-hybridized carbons (Fsp3) is 0.684. The molecule has 1 aromatic rings. The fourth-order valence-corrected chi connectivity index (χ4v) is 3.92. The van der Waals surface area contributed by atoms with Gasteiger partial charge in [0.25, 0.3) is 0 Å². The van der Waals surface area contributed by atoms with Crippen LogP contribution in [0.1, 0.15) is 56.6 Å². The summed E-state index contributed by atoms with van der Waals surface area (Å²) in [6.07, 6.45) is 8.30. The molecule has 2 aliphatic rings. The molecular weight excluding hydrogens is 290 g/mol. The minimum Gasteiger partial charge on any atom is -0.487 e. The molecule has 3 rings (SSSR count). The van der Waals surface area contributed by atoms with Gasteiger partial charge in [-0.05, 0) is 44.7 Å². The van der Waals surface area contributed by atoms with E-state index in [2.05, 4.69) is 29.6 Å². The number of aliphatic hydroxyl groups is 1. The highest BCUT2D eigenvalue weighted by molar-refractivity contribution is 5.39. The topological polar surface area (TPSA) is 50.7 Å². The van der Waals surface area contributed by atoms with Crippen LogP contribution in [-0.4, -0.2) is 37.1 Å². The first kappa shape index (κ1) is 16.7. The normalized spacial score (nSPS) is 22.6. The van der Waals surface area contributed by atoms with Crippen molar-refractivity contribution in [1.82, 2.24) is 5.32 Å². The van der Waals surface area contributed by atoms with Gasteiger partial charge in [-0.3, -0.25) is 0 Å². The third-order valence-electron chi connectivity index (χ3n) is 5.05. The molecule has 1 heterocycles. The van der Waals surface area contributed by atoms with Crippen LogP contribution in [0, 0.1) is 0 Å². The Hall–Kier alpha value is -1.10. The quantitative estimate of drug-likeness (QED) is 0.758. The second-order valence-corrected chi connectivity index (χ2v) is 6.78. The van der Waals surface area contributed by atoms with Gasteiger partial charge < -0.3 is 19.9 Å². The lowest BCUT2D eigenvalue weighted by Gasteiger charge is -2.44. The number of fused-ring (bicyclic) bond motifs is 1. The van der Waals surface area contributed by atoms with Gasteiger partial charge in [0.2, 0.25) is 0 Å². The Morgan fingerprint density at radius 1 is 1.17 bits per heavy atom. The van der Waals surface area contributed by atoms with E-state index in [1.165, 1.54) is 37.7 Å².